The van der Waals surface area contributed by atoms with Crippen molar-refractivity contribution in [2.45, 2.75) is 11.3 Å². The Morgan fingerprint density at radius 2 is 1.74 bits per heavy atom. The molecule has 0 aliphatic rings. The van der Waals surface area contributed by atoms with Crippen LogP contribution in [0.2, 0.25) is 0 Å². The largest absolute Gasteiger partial charge is 0.397 e. The van der Waals surface area contributed by atoms with E-state index in [2.05, 4.69) is 5.32 Å². The van der Waals surface area contributed by atoms with Gasteiger partial charge in [0.05, 0.1) is 11.4 Å². The summed E-state index contributed by atoms with van der Waals surface area (Å²) in [5.41, 5.74) is 7.04. The molecule has 1 amide bonds. The Hall–Kier alpha value is -1.94. The molecule has 0 unspecified atom stereocenters. The first-order valence-corrected chi connectivity index (χ1v) is 7.06. The molecular formula is C15H16N2OS. The fraction of sp³-hybridized carbons (Fsp3) is 0.133. The van der Waals surface area contributed by atoms with Crippen molar-refractivity contribution >= 4 is 29.0 Å². The molecule has 0 atom stereocenters. The average Bonchev–Trinajstić information content (AvgIpc) is 2.43. The first-order chi connectivity index (χ1) is 9.25. The lowest BCUT2D eigenvalue weighted by Gasteiger charge is -2.07. The quantitative estimate of drug-likeness (QED) is 0.648. The van der Waals surface area contributed by atoms with Crippen molar-refractivity contribution in [2.75, 3.05) is 16.8 Å². The number of carbonyl (C=O) groups excluding carboxylic acids is 1. The van der Waals surface area contributed by atoms with Crippen LogP contribution in [0.4, 0.5) is 11.4 Å². The summed E-state index contributed by atoms with van der Waals surface area (Å²) in [6.45, 7) is 0. The van der Waals surface area contributed by atoms with E-state index in [1.54, 1.807) is 23.9 Å². The van der Waals surface area contributed by atoms with Gasteiger partial charge in [-0.3, -0.25) is 4.79 Å². The standard InChI is InChI=1S/C15H16N2OS/c16-13-8-4-5-9-14(13)17-15(18)10-11-19-12-6-2-1-3-7-12/h1-9H,10-11,16H2,(H,17,18). The van der Waals surface area contributed by atoms with E-state index >= 15 is 0 Å². The average molecular weight is 272 g/mol. The van der Waals surface area contributed by atoms with Crippen LogP contribution in [-0.2, 0) is 4.79 Å². The highest BCUT2D eigenvalue weighted by molar-refractivity contribution is 7.99. The minimum atomic E-state index is -0.0127. The summed E-state index contributed by atoms with van der Waals surface area (Å²) in [6.07, 6.45) is 0.466. The van der Waals surface area contributed by atoms with Gasteiger partial charge in [-0.05, 0) is 24.3 Å². The van der Waals surface area contributed by atoms with Crippen LogP contribution >= 0.6 is 11.8 Å². The maximum absolute atomic E-state index is 11.8. The molecule has 2 aromatic carbocycles. The highest BCUT2D eigenvalue weighted by Crippen LogP contribution is 2.19. The maximum Gasteiger partial charge on any atom is 0.225 e. The van der Waals surface area contributed by atoms with Gasteiger partial charge in [-0.1, -0.05) is 30.3 Å². The van der Waals surface area contributed by atoms with Crippen LogP contribution in [0.25, 0.3) is 0 Å². The van der Waals surface area contributed by atoms with Crippen molar-refractivity contribution < 1.29 is 4.79 Å². The molecule has 0 radical (unpaired) electrons. The van der Waals surface area contributed by atoms with Gasteiger partial charge in [0, 0.05) is 17.1 Å². The second-order valence-electron chi connectivity index (χ2n) is 4.05. The van der Waals surface area contributed by atoms with E-state index in [-0.39, 0.29) is 5.91 Å². The van der Waals surface area contributed by atoms with Gasteiger partial charge in [0.1, 0.15) is 0 Å². The van der Waals surface area contributed by atoms with Gasteiger partial charge in [0.2, 0.25) is 5.91 Å². The van der Waals surface area contributed by atoms with Gasteiger partial charge in [-0.25, -0.2) is 0 Å². The van der Waals surface area contributed by atoms with Gasteiger partial charge in [0.25, 0.3) is 0 Å². The van der Waals surface area contributed by atoms with Crippen molar-refractivity contribution in [1.82, 2.24) is 0 Å². The Morgan fingerprint density at radius 3 is 2.47 bits per heavy atom. The number of para-hydroxylation sites is 2. The normalized spacial score (nSPS) is 10.1. The van der Waals surface area contributed by atoms with E-state index in [9.17, 15) is 4.79 Å². The second kappa shape index (κ2) is 6.85. The van der Waals surface area contributed by atoms with Crippen molar-refractivity contribution in [3.63, 3.8) is 0 Å². The molecule has 0 aliphatic heterocycles. The Morgan fingerprint density at radius 1 is 1.05 bits per heavy atom. The number of nitrogens with one attached hydrogen (secondary N) is 1. The third kappa shape index (κ3) is 4.34. The van der Waals surface area contributed by atoms with Crippen molar-refractivity contribution in [1.29, 1.82) is 0 Å². The summed E-state index contributed by atoms with van der Waals surface area (Å²) in [6, 6.07) is 17.3. The zero-order chi connectivity index (χ0) is 13.5. The first kappa shape index (κ1) is 13.5. The highest BCUT2D eigenvalue weighted by atomic mass is 32.2. The summed E-state index contributed by atoms with van der Waals surface area (Å²) in [5.74, 6) is 0.740. The molecule has 4 heteroatoms. The van der Waals surface area contributed by atoms with Crippen LogP contribution in [0.5, 0.6) is 0 Å². The lowest BCUT2D eigenvalue weighted by molar-refractivity contribution is -0.115. The first-order valence-electron chi connectivity index (χ1n) is 6.08. The predicted octanol–water partition coefficient (Wildman–Crippen LogP) is 3.39. The Balaban J connectivity index is 1.78. The molecule has 2 rings (SSSR count). The van der Waals surface area contributed by atoms with Crippen molar-refractivity contribution in [2.24, 2.45) is 0 Å². The Labute approximate surface area is 117 Å². The van der Waals surface area contributed by atoms with Gasteiger partial charge in [-0.2, -0.15) is 0 Å². The molecule has 2 aromatic rings. The van der Waals surface area contributed by atoms with Crippen LogP contribution < -0.4 is 11.1 Å². The van der Waals surface area contributed by atoms with E-state index in [1.807, 2.05) is 42.5 Å². The Kier molecular flexibility index (Phi) is 4.86. The third-order valence-electron chi connectivity index (χ3n) is 2.58. The molecule has 19 heavy (non-hydrogen) atoms. The van der Waals surface area contributed by atoms with E-state index in [1.165, 1.54) is 4.90 Å². The number of benzene rings is 2. The molecule has 3 nitrogen and oxygen atoms in total. The molecule has 0 aliphatic carbocycles. The van der Waals surface area contributed by atoms with E-state index in [0.717, 1.165) is 5.75 Å². The molecular weight excluding hydrogens is 256 g/mol. The lowest BCUT2D eigenvalue weighted by atomic mass is 10.2. The zero-order valence-electron chi connectivity index (χ0n) is 10.5. The number of amides is 1. The van der Waals surface area contributed by atoms with Gasteiger partial charge < -0.3 is 11.1 Å². The number of hydrogen-bond acceptors (Lipinski definition) is 3. The summed E-state index contributed by atoms with van der Waals surface area (Å²) in [4.78, 5) is 13.0. The molecule has 0 saturated heterocycles. The molecule has 3 N–H and O–H groups in total. The number of hydrogen-bond donors (Lipinski definition) is 2. The van der Waals surface area contributed by atoms with E-state index in [4.69, 9.17) is 5.73 Å². The predicted molar refractivity (Wildman–Crippen MR) is 81.3 cm³/mol. The van der Waals surface area contributed by atoms with Gasteiger partial charge >= 0.3 is 0 Å². The summed E-state index contributed by atoms with van der Waals surface area (Å²) in [7, 11) is 0. The molecule has 0 aromatic heterocycles. The number of anilines is 2. The van der Waals surface area contributed by atoms with Crippen LogP contribution in [0, 0.1) is 0 Å². The molecule has 0 bridgehead atoms. The minimum Gasteiger partial charge on any atom is -0.397 e. The molecule has 0 spiro atoms. The summed E-state index contributed by atoms with van der Waals surface area (Å²) in [5, 5.41) is 2.82. The number of thioether (sulfide) groups is 1. The zero-order valence-corrected chi connectivity index (χ0v) is 11.3. The number of rotatable bonds is 5. The highest BCUT2D eigenvalue weighted by Gasteiger charge is 2.04. The smallest absolute Gasteiger partial charge is 0.225 e. The Bertz CT molecular complexity index is 543. The van der Waals surface area contributed by atoms with Crippen LogP contribution in [0.3, 0.4) is 0 Å². The number of nitrogens with two attached hydrogens (primary N) is 1. The number of nitrogen functional groups attached to an aromatic ring is 1. The van der Waals surface area contributed by atoms with Gasteiger partial charge in [-0.15, -0.1) is 11.8 Å². The lowest BCUT2D eigenvalue weighted by Crippen LogP contribution is -2.13. The molecule has 98 valence electrons. The second-order valence-corrected chi connectivity index (χ2v) is 5.22. The van der Waals surface area contributed by atoms with Crippen molar-refractivity contribution in [3.8, 4) is 0 Å². The maximum atomic E-state index is 11.8. The number of carbonyl (C=O) groups is 1. The minimum absolute atomic E-state index is 0.0127. The topological polar surface area (TPSA) is 55.1 Å². The fourth-order valence-electron chi connectivity index (χ4n) is 1.60. The summed E-state index contributed by atoms with van der Waals surface area (Å²) >= 11 is 1.67. The van der Waals surface area contributed by atoms with Crippen molar-refractivity contribution in [3.05, 3.63) is 54.6 Å². The molecule has 0 saturated carbocycles. The third-order valence-corrected chi connectivity index (χ3v) is 3.59. The van der Waals surface area contributed by atoms with Crippen LogP contribution in [0.15, 0.2) is 59.5 Å². The SMILES string of the molecule is Nc1ccccc1NC(=O)CCSc1ccccc1. The van der Waals surface area contributed by atoms with Crippen LogP contribution in [-0.4, -0.2) is 11.7 Å². The van der Waals surface area contributed by atoms with E-state index < -0.39 is 0 Å². The molecule has 0 fully saturated rings. The van der Waals surface area contributed by atoms with Gasteiger partial charge in [0.15, 0.2) is 0 Å². The summed E-state index contributed by atoms with van der Waals surface area (Å²) < 4.78 is 0. The fourth-order valence-corrected chi connectivity index (χ4v) is 2.47. The monoisotopic (exact) mass is 272 g/mol. The van der Waals surface area contributed by atoms with Crippen LogP contribution in [0.1, 0.15) is 6.42 Å². The molecule has 0 heterocycles. The van der Waals surface area contributed by atoms with E-state index in [0.29, 0.717) is 17.8 Å².